The van der Waals surface area contributed by atoms with Crippen molar-refractivity contribution in [2.75, 3.05) is 0 Å². The van der Waals surface area contributed by atoms with Crippen molar-refractivity contribution in [3.8, 4) is 11.5 Å². The van der Waals surface area contributed by atoms with Gasteiger partial charge in [0, 0.05) is 52.0 Å². The summed E-state index contributed by atoms with van der Waals surface area (Å²) in [4.78, 5) is 0. The molecule has 0 aliphatic carbocycles. The summed E-state index contributed by atoms with van der Waals surface area (Å²) in [5.74, 6) is -0.296. The van der Waals surface area contributed by atoms with Gasteiger partial charge in [0.15, 0.2) is 11.5 Å². The van der Waals surface area contributed by atoms with E-state index in [4.69, 9.17) is 8.37 Å². The lowest BCUT2D eigenvalue weighted by Gasteiger charge is -2.24. The van der Waals surface area contributed by atoms with Crippen LogP contribution in [0, 0.1) is 0 Å². The molecule has 12 heteroatoms. The van der Waals surface area contributed by atoms with Gasteiger partial charge >= 0.3 is 0 Å². The minimum atomic E-state index is -5.14. The Bertz CT molecular complexity index is 1890. The van der Waals surface area contributed by atoms with Crippen LogP contribution in [0.5, 0.6) is 11.5 Å². The number of rotatable bonds is 4. The fourth-order valence-corrected chi connectivity index (χ4v) is 6.68. The van der Waals surface area contributed by atoms with Crippen molar-refractivity contribution < 1.29 is 34.3 Å². The molecule has 0 aromatic heterocycles. The Kier molecular flexibility index (Phi) is 4.55. The molecule has 0 fully saturated rings. The third kappa shape index (κ3) is 3.13. The number of halogens is 2. The van der Waals surface area contributed by atoms with E-state index in [9.17, 15) is 25.9 Å². The maximum atomic E-state index is 11.7. The summed E-state index contributed by atoms with van der Waals surface area (Å²) in [6.45, 7) is 0. The van der Waals surface area contributed by atoms with Crippen molar-refractivity contribution in [3.63, 3.8) is 0 Å². The molecule has 0 spiro atoms. The third-order valence-electron chi connectivity index (χ3n) is 5.82. The molecule has 172 valence electrons. The van der Waals surface area contributed by atoms with Crippen molar-refractivity contribution in [3.05, 3.63) is 57.5 Å². The minimum Gasteiger partial charge on any atom is -0.716 e. The van der Waals surface area contributed by atoms with Gasteiger partial charge < -0.3 is 17.5 Å². The highest BCUT2D eigenvalue weighted by Gasteiger charge is 2.26. The lowest BCUT2D eigenvalue weighted by Crippen LogP contribution is -2.10. The van der Waals surface area contributed by atoms with Gasteiger partial charge in [0.1, 0.15) is 0 Å². The molecule has 0 N–H and O–H groups in total. The summed E-state index contributed by atoms with van der Waals surface area (Å²) in [6.07, 6.45) is 0. The summed E-state index contributed by atoms with van der Waals surface area (Å²) in [6, 6.07) is 13.4. The second-order valence-electron chi connectivity index (χ2n) is 7.66. The van der Waals surface area contributed by atoms with E-state index in [2.05, 4.69) is 31.9 Å². The molecule has 0 aliphatic rings. The maximum Gasteiger partial charge on any atom is 0.262 e. The molecule has 0 aliphatic heterocycles. The highest BCUT2D eigenvalue weighted by molar-refractivity contribution is 9.11. The topological polar surface area (TPSA) is 133 Å². The molecule has 0 amide bonds. The zero-order chi connectivity index (χ0) is 24.2. The van der Waals surface area contributed by atoms with Crippen molar-refractivity contribution in [2.24, 2.45) is 0 Å². The quantitative estimate of drug-likeness (QED) is 0.108. The molecule has 6 aromatic rings. The monoisotopic (exact) mass is 622 g/mol. The van der Waals surface area contributed by atoms with E-state index < -0.39 is 20.8 Å². The molecule has 34 heavy (non-hydrogen) atoms. The van der Waals surface area contributed by atoms with Gasteiger partial charge in [-0.2, -0.15) is 0 Å². The Labute approximate surface area is 208 Å². The standard InChI is InChI=1S/C22H10Br2O8S2/c23-15-7-14-19-17-9(15)3-1-5-11(17)21(31-33(25,26)27)13-8-16(24)10-4-2-6-12(18(10)20(13)19)22(14)32-34(28,29)30/h1-8H,(H,25,26,27)(H,28,29,30)/p-2. The van der Waals surface area contributed by atoms with Crippen LogP contribution < -0.4 is 8.37 Å². The fraction of sp³-hybridized carbons (Fsp3) is 0. The Morgan fingerprint density at radius 3 is 1.26 bits per heavy atom. The first kappa shape index (κ1) is 22.0. The van der Waals surface area contributed by atoms with Gasteiger partial charge in [0.25, 0.3) is 20.8 Å². The van der Waals surface area contributed by atoms with Crippen LogP contribution in [0.15, 0.2) is 57.5 Å². The SMILES string of the molecule is O=S(=O)([O-])Oc1c2cccc3c(Br)cc4c(OS(=O)(=O)[O-])c5cccc6c(Br)cc1c(c65)c4c32. The van der Waals surface area contributed by atoms with E-state index in [0.29, 0.717) is 62.8 Å². The summed E-state index contributed by atoms with van der Waals surface area (Å²) in [7, 11) is -10.3. The number of hydrogen-bond donors (Lipinski definition) is 0. The summed E-state index contributed by atoms with van der Waals surface area (Å²) < 4.78 is 81.2. The van der Waals surface area contributed by atoms with Gasteiger partial charge in [0.2, 0.25) is 0 Å². The zero-order valence-electron chi connectivity index (χ0n) is 16.5. The maximum absolute atomic E-state index is 11.7. The van der Waals surface area contributed by atoms with E-state index in [1.807, 2.05) is 0 Å². The average molecular weight is 624 g/mol. The van der Waals surface area contributed by atoms with Gasteiger partial charge in [-0.05, 0) is 22.9 Å². The van der Waals surface area contributed by atoms with Gasteiger partial charge in [-0.1, -0.05) is 68.3 Å². The summed E-state index contributed by atoms with van der Waals surface area (Å²) in [5.41, 5.74) is 0. The molecule has 0 saturated carbocycles. The predicted molar refractivity (Wildman–Crippen MR) is 132 cm³/mol. The predicted octanol–water partition coefficient (Wildman–Crippen LogP) is 5.53. The molecule has 0 unspecified atom stereocenters. The first-order valence-electron chi connectivity index (χ1n) is 9.51. The molecule has 6 aromatic carbocycles. The lowest BCUT2D eigenvalue weighted by atomic mass is 9.86. The van der Waals surface area contributed by atoms with E-state index >= 15 is 0 Å². The molecular weight excluding hydrogens is 616 g/mol. The first-order valence-corrected chi connectivity index (χ1v) is 13.8. The normalized spacial score (nSPS) is 13.2. The Hall–Kier alpha value is -2.48. The summed E-state index contributed by atoms with van der Waals surface area (Å²) >= 11 is 6.95. The van der Waals surface area contributed by atoms with Crippen LogP contribution >= 0.6 is 31.9 Å². The number of benzene rings is 6. The molecule has 0 heterocycles. The van der Waals surface area contributed by atoms with Crippen molar-refractivity contribution in [1.29, 1.82) is 0 Å². The van der Waals surface area contributed by atoms with E-state index in [0.717, 1.165) is 0 Å². The summed E-state index contributed by atoms with van der Waals surface area (Å²) in [5, 5.41) is 4.69. The van der Waals surface area contributed by atoms with E-state index in [-0.39, 0.29) is 11.5 Å². The highest BCUT2D eigenvalue weighted by Crippen LogP contribution is 2.54. The Morgan fingerprint density at radius 1 is 0.559 bits per heavy atom. The van der Waals surface area contributed by atoms with Crippen LogP contribution in [0.2, 0.25) is 0 Å². The van der Waals surface area contributed by atoms with Crippen LogP contribution in [0.1, 0.15) is 0 Å². The van der Waals surface area contributed by atoms with Gasteiger partial charge in [-0.15, -0.1) is 0 Å². The average Bonchev–Trinajstić information content (AvgIpc) is 2.74. The zero-order valence-corrected chi connectivity index (χ0v) is 21.3. The molecule has 0 saturated heterocycles. The molecule has 0 atom stereocenters. The van der Waals surface area contributed by atoms with Gasteiger partial charge in [-0.25, -0.2) is 16.8 Å². The van der Waals surface area contributed by atoms with Gasteiger partial charge in [-0.3, -0.25) is 0 Å². The second kappa shape index (κ2) is 7.03. The molecule has 0 radical (unpaired) electrons. The molecular formula is C22H8Br2O8S2-2. The molecule has 6 rings (SSSR count). The van der Waals surface area contributed by atoms with Crippen molar-refractivity contribution in [1.82, 2.24) is 0 Å². The Balaban J connectivity index is 2.04. The first-order chi connectivity index (χ1) is 15.9. The second-order valence-corrected chi connectivity index (χ2v) is 11.3. The highest BCUT2D eigenvalue weighted by atomic mass is 79.9. The largest absolute Gasteiger partial charge is 0.716 e. The van der Waals surface area contributed by atoms with E-state index in [1.54, 1.807) is 48.5 Å². The van der Waals surface area contributed by atoms with E-state index in [1.165, 1.54) is 0 Å². The molecule has 8 nitrogen and oxygen atoms in total. The fourth-order valence-electron chi connectivity index (χ4n) is 4.79. The number of hydrogen-bond acceptors (Lipinski definition) is 8. The van der Waals surface area contributed by atoms with Crippen LogP contribution in [-0.4, -0.2) is 25.9 Å². The Morgan fingerprint density at radius 2 is 0.912 bits per heavy atom. The lowest BCUT2D eigenvalue weighted by molar-refractivity contribution is 0.372. The third-order valence-corrected chi connectivity index (χ3v) is 7.88. The van der Waals surface area contributed by atoms with Crippen LogP contribution in [0.25, 0.3) is 53.9 Å². The van der Waals surface area contributed by atoms with Crippen molar-refractivity contribution in [2.45, 2.75) is 0 Å². The molecule has 0 bridgehead atoms. The smallest absolute Gasteiger partial charge is 0.262 e. The van der Waals surface area contributed by atoms with Crippen molar-refractivity contribution >= 4 is 107 Å². The van der Waals surface area contributed by atoms with Gasteiger partial charge in [0.05, 0.1) is 0 Å². The van der Waals surface area contributed by atoms with Crippen LogP contribution in [-0.2, 0) is 20.8 Å². The van der Waals surface area contributed by atoms with Crippen LogP contribution in [0.4, 0.5) is 0 Å². The van der Waals surface area contributed by atoms with Crippen LogP contribution in [0.3, 0.4) is 0 Å². The minimum absolute atomic E-state index is 0.148.